The fourth-order valence-corrected chi connectivity index (χ4v) is 4.33. The average molecular weight is 445 g/mol. The van der Waals surface area contributed by atoms with Gasteiger partial charge in [-0.15, -0.1) is 0 Å². The summed E-state index contributed by atoms with van der Waals surface area (Å²) >= 11 is 0. The molecule has 1 heterocycles. The van der Waals surface area contributed by atoms with E-state index in [0.29, 0.717) is 32.2 Å². The fraction of sp³-hybridized carbons (Fsp3) is 0.600. The Hall–Kier alpha value is -1.41. The number of piperazine rings is 1. The number of hydrogen-bond donors (Lipinski definition) is 2. The third kappa shape index (κ3) is 4.95. The van der Waals surface area contributed by atoms with Crippen LogP contribution in [0.15, 0.2) is 28.0 Å². The lowest BCUT2D eigenvalue weighted by molar-refractivity contribution is -0.0436. The third-order valence-corrected chi connectivity index (χ3v) is 6.82. The Morgan fingerprint density at radius 1 is 1.00 bits per heavy atom. The van der Waals surface area contributed by atoms with Crippen molar-refractivity contribution >= 4 is 25.5 Å². The largest absolute Gasteiger partial charge is 0.501 e. The quantitative estimate of drug-likeness (QED) is 0.721. The van der Waals surface area contributed by atoms with E-state index >= 15 is 0 Å². The van der Waals surface area contributed by atoms with Crippen molar-refractivity contribution in [1.29, 1.82) is 0 Å². The Kier molecular flexibility index (Phi) is 6.08. The van der Waals surface area contributed by atoms with Gasteiger partial charge in [0.25, 0.3) is 9.84 Å². The minimum absolute atomic E-state index is 0.0754. The maximum atomic E-state index is 13.1. The number of hydrogen-bond acceptors (Lipinski definition) is 7. The summed E-state index contributed by atoms with van der Waals surface area (Å²) in [6, 6.07) is 2.35. The van der Waals surface area contributed by atoms with Crippen LogP contribution in [-0.4, -0.2) is 64.0 Å². The lowest BCUT2D eigenvalue weighted by Crippen LogP contribution is -2.54. The first-order valence-corrected chi connectivity index (χ1v) is 11.3. The van der Waals surface area contributed by atoms with Gasteiger partial charge in [-0.1, -0.05) is 0 Å². The van der Waals surface area contributed by atoms with E-state index in [1.165, 1.54) is 0 Å². The summed E-state index contributed by atoms with van der Waals surface area (Å²) in [5.74, 6) is 0. The van der Waals surface area contributed by atoms with Crippen molar-refractivity contribution < 1.29 is 30.0 Å². The van der Waals surface area contributed by atoms with Gasteiger partial charge in [-0.2, -0.15) is 13.2 Å². The molecule has 1 aromatic carbocycles. The van der Waals surface area contributed by atoms with Gasteiger partial charge in [0, 0.05) is 31.7 Å². The number of halogens is 3. The Bertz CT molecular complexity index is 933. The molecule has 0 amide bonds. The van der Waals surface area contributed by atoms with Crippen LogP contribution in [0.2, 0.25) is 0 Å². The summed E-state index contributed by atoms with van der Waals surface area (Å²) in [4.78, 5) is 0.269. The minimum Gasteiger partial charge on any atom is -0.317 e. The number of benzene rings is 1. The molecule has 1 aromatic rings. The number of nitrogens with zero attached hydrogens (tertiary/aromatic N) is 2. The van der Waals surface area contributed by atoms with Crippen LogP contribution in [0.5, 0.6) is 0 Å². The van der Waals surface area contributed by atoms with Crippen LogP contribution >= 0.6 is 0 Å². The Labute approximate surface area is 162 Å². The number of nitrogens with two attached hydrogens (primary N) is 1. The summed E-state index contributed by atoms with van der Waals surface area (Å²) < 4.78 is 86.0. The Morgan fingerprint density at radius 3 is 1.96 bits per heavy atom. The van der Waals surface area contributed by atoms with Gasteiger partial charge in [0.1, 0.15) is 4.90 Å². The van der Waals surface area contributed by atoms with Crippen molar-refractivity contribution in [2.75, 3.05) is 31.6 Å². The first-order chi connectivity index (χ1) is 12.5. The molecule has 1 saturated heterocycles. The van der Waals surface area contributed by atoms with Gasteiger partial charge in [-0.25, -0.2) is 27.0 Å². The summed E-state index contributed by atoms with van der Waals surface area (Å²) in [6.45, 7) is 8.21. The zero-order valence-electron chi connectivity index (χ0n) is 15.6. The molecule has 160 valence electrons. The molecule has 2 rings (SSSR count). The molecule has 0 atom stereocenters. The third-order valence-electron chi connectivity index (χ3n) is 4.38. The van der Waals surface area contributed by atoms with E-state index in [0.717, 1.165) is 12.1 Å². The molecule has 1 fully saturated rings. The number of hydrazine groups is 1. The first-order valence-electron chi connectivity index (χ1n) is 8.28. The van der Waals surface area contributed by atoms with Crippen LogP contribution in [0, 0.1) is 0 Å². The van der Waals surface area contributed by atoms with Crippen molar-refractivity contribution in [1.82, 2.24) is 9.91 Å². The summed E-state index contributed by atoms with van der Waals surface area (Å²) in [6.07, 6.45) is 0. The van der Waals surface area contributed by atoms with Crippen molar-refractivity contribution in [3.05, 3.63) is 18.2 Å². The van der Waals surface area contributed by atoms with Crippen LogP contribution < -0.4 is 10.6 Å². The second kappa shape index (κ2) is 7.44. The van der Waals surface area contributed by atoms with Gasteiger partial charge in [-0.3, -0.25) is 4.90 Å². The van der Waals surface area contributed by atoms with Gasteiger partial charge < -0.3 is 5.43 Å². The predicted molar refractivity (Wildman–Crippen MR) is 97.6 cm³/mol. The smallest absolute Gasteiger partial charge is 0.317 e. The fourth-order valence-electron chi connectivity index (χ4n) is 2.78. The van der Waals surface area contributed by atoms with Crippen molar-refractivity contribution in [3.63, 3.8) is 0 Å². The van der Waals surface area contributed by atoms with Crippen molar-refractivity contribution in [2.45, 2.75) is 41.6 Å². The number of anilines is 1. The number of sulfonamides is 1. The van der Waals surface area contributed by atoms with Gasteiger partial charge in [0.05, 0.1) is 10.6 Å². The molecule has 1 aliphatic heterocycles. The van der Waals surface area contributed by atoms with Crippen molar-refractivity contribution in [3.8, 4) is 0 Å². The SMILES string of the molecule is CC(C)(C)N1CCN(Nc2ccc(S(N)(=O)=O)cc2S(=O)(=O)C(F)(F)F)CC1. The van der Waals surface area contributed by atoms with Gasteiger partial charge in [0.15, 0.2) is 0 Å². The maximum absolute atomic E-state index is 13.1. The van der Waals surface area contributed by atoms with E-state index in [1.807, 2.05) is 20.8 Å². The van der Waals surface area contributed by atoms with E-state index < -0.39 is 35.2 Å². The molecule has 1 aliphatic rings. The van der Waals surface area contributed by atoms with Crippen LogP contribution in [0.25, 0.3) is 0 Å². The number of nitrogens with one attached hydrogen (secondary N) is 1. The molecule has 0 bridgehead atoms. The molecule has 13 heteroatoms. The molecule has 0 unspecified atom stereocenters. The molecule has 0 saturated carbocycles. The van der Waals surface area contributed by atoms with E-state index in [4.69, 9.17) is 5.14 Å². The molecule has 8 nitrogen and oxygen atoms in total. The topological polar surface area (TPSA) is 113 Å². The molecule has 0 aliphatic carbocycles. The molecule has 0 spiro atoms. The zero-order chi connectivity index (χ0) is 21.5. The molecule has 3 N–H and O–H groups in total. The van der Waals surface area contributed by atoms with Crippen LogP contribution in [-0.2, 0) is 19.9 Å². The average Bonchev–Trinajstić information content (AvgIpc) is 2.52. The molecular formula is C15H23F3N4O4S2. The lowest BCUT2D eigenvalue weighted by atomic mass is 10.1. The zero-order valence-corrected chi connectivity index (χ0v) is 17.2. The van der Waals surface area contributed by atoms with Crippen LogP contribution in [0.3, 0.4) is 0 Å². The highest BCUT2D eigenvalue weighted by Gasteiger charge is 2.48. The number of alkyl halides is 3. The van der Waals surface area contributed by atoms with Crippen LogP contribution in [0.4, 0.5) is 18.9 Å². The first kappa shape index (κ1) is 22.9. The van der Waals surface area contributed by atoms with Crippen molar-refractivity contribution in [2.24, 2.45) is 5.14 Å². The lowest BCUT2D eigenvalue weighted by Gasteiger charge is -2.42. The number of primary sulfonamides is 1. The summed E-state index contributed by atoms with van der Waals surface area (Å²) in [7, 11) is -10.2. The molecule has 28 heavy (non-hydrogen) atoms. The minimum atomic E-state index is -5.79. The van der Waals surface area contributed by atoms with E-state index in [9.17, 15) is 30.0 Å². The second-order valence-electron chi connectivity index (χ2n) is 7.41. The summed E-state index contributed by atoms with van der Waals surface area (Å²) in [5, 5.41) is 6.52. The molecule has 0 radical (unpaired) electrons. The highest BCUT2D eigenvalue weighted by atomic mass is 32.2. The number of sulfone groups is 1. The predicted octanol–water partition coefficient (Wildman–Crippen LogP) is 1.37. The monoisotopic (exact) mass is 444 g/mol. The van der Waals surface area contributed by atoms with Gasteiger partial charge in [0.2, 0.25) is 10.0 Å². The second-order valence-corrected chi connectivity index (χ2v) is 10.9. The van der Waals surface area contributed by atoms with Gasteiger partial charge >= 0.3 is 5.51 Å². The maximum Gasteiger partial charge on any atom is 0.501 e. The van der Waals surface area contributed by atoms with Gasteiger partial charge in [-0.05, 0) is 39.0 Å². The normalized spacial score (nSPS) is 18.2. The molecular weight excluding hydrogens is 421 g/mol. The van der Waals surface area contributed by atoms with E-state index in [2.05, 4.69) is 10.3 Å². The number of rotatable bonds is 4. The highest BCUT2D eigenvalue weighted by molar-refractivity contribution is 7.92. The standard InChI is InChI=1S/C15H23F3N4O4S2/c1-14(2,3)21-6-8-22(9-7-21)20-12-5-4-11(28(19,25)26)10-13(12)27(23,24)15(16,17)18/h4-5,10,20H,6-9H2,1-3H3,(H2,19,25,26). The van der Waals surface area contributed by atoms with E-state index in [-0.39, 0.29) is 11.2 Å². The molecule has 0 aromatic heterocycles. The highest BCUT2D eigenvalue weighted by Crippen LogP contribution is 2.36. The Morgan fingerprint density at radius 2 is 1.54 bits per heavy atom. The summed E-state index contributed by atoms with van der Waals surface area (Å²) in [5.41, 5.74) is -3.36. The Balaban J connectivity index is 2.37. The van der Waals surface area contributed by atoms with E-state index in [1.54, 1.807) is 5.01 Å². The van der Waals surface area contributed by atoms with Crippen LogP contribution in [0.1, 0.15) is 20.8 Å².